The minimum absolute atomic E-state index is 0.139. The van der Waals surface area contributed by atoms with Crippen molar-refractivity contribution in [2.45, 2.75) is 32.1 Å². The van der Waals surface area contributed by atoms with Gasteiger partial charge in [-0.05, 0) is 50.3 Å². The molecule has 4 N–H and O–H groups in total. The van der Waals surface area contributed by atoms with Gasteiger partial charge in [-0.15, -0.1) is 0 Å². The average molecular weight is 287 g/mol. The van der Waals surface area contributed by atoms with Crippen LogP contribution in [0.1, 0.15) is 42.5 Å². The van der Waals surface area contributed by atoms with Crippen LogP contribution in [0.5, 0.6) is 0 Å². The lowest BCUT2D eigenvalue weighted by Gasteiger charge is -2.13. The first-order chi connectivity index (χ1) is 10.1. The average Bonchev–Trinajstić information content (AvgIpc) is 2.48. The lowest BCUT2D eigenvalue weighted by molar-refractivity contribution is 0.0954. The molecule has 2 rings (SSSR count). The van der Waals surface area contributed by atoms with E-state index in [2.05, 4.69) is 16.7 Å². The number of primary amides is 1. The van der Waals surface area contributed by atoms with E-state index >= 15 is 0 Å². The van der Waals surface area contributed by atoms with Gasteiger partial charge in [0.15, 0.2) is 0 Å². The number of nitrogens with one attached hydrogen (secondary N) is 2. The molecule has 0 fully saturated rings. The van der Waals surface area contributed by atoms with Gasteiger partial charge in [0.25, 0.3) is 5.91 Å². The fourth-order valence-electron chi connectivity index (χ4n) is 2.45. The second-order valence-electron chi connectivity index (χ2n) is 5.18. The molecule has 0 aromatic heterocycles. The summed E-state index contributed by atoms with van der Waals surface area (Å²) >= 11 is 0. The molecule has 0 saturated carbocycles. The fourth-order valence-corrected chi connectivity index (χ4v) is 2.45. The van der Waals surface area contributed by atoms with Gasteiger partial charge in [0, 0.05) is 17.8 Å². The van der Waals surface area contributed by atoms with E-state index in [-0.39, 0.29) is 5.91 Å². The van der Waals surface area contributed by atoms with Crippen molar-refractivity contribution >= 4 is 17.6 Å². The van der Waals surface area contributed by atoms with E-state index in [1.165, 1.54) is 18.4 Å². The number of carbonyl (C=O) groups is 2. The zero-order valence-electron chi connectivity index (χ0n) is 12.0. The van der Waals surface area contributed by atoms with Gasteiger partial charge >= 0.3 is 6.03 Å². The van der Waals surface area contributed by atoms with Crippen LogP contribution in [-0.2, 0) is 0 Å². The predicted octanol–water partition coefficient (Wildman–Crippen LogP) is 2.80. The SMILES string of the molecule is NC(=O)Nc1cccc(C(=O)NCCC2=CCCCC2)c1. The van der Waals surface area contributed by atoms with Crippen LogP contribution in [0.25, 0.3) is 0 Å². The molecule has 0 bridgehead atoms. The Hall–Kier alpha value is -2.30. The maximum atomic E-state index is 12.0. The van der Waals surface area contributed by atoms with E-state index < -0.39 is 6.03 Å². The molecule has 1 aromatic carbocycles. The molecule has 0 saturated heterocycles. The summed E-state index contributed by atoms with van der Waals surface area (Å²) in [6, 6.07) is 6.08. The summed E-state index contributed by atoms with van der Waals surface area (Å²) in [4.78, 5) is 22.9. The van der Waals surface area contributed by atoms with Gasteiger partial charge in [0.2, 0.25) is 0 Å². The van der Waals surface area contributed by atoms with Crippen LogP contribution in [-0.4, -0.2) is 18.5 Å². The van der Waals surface area contributed by atoms with Gasteiger partial charge in [0.1, 0.15) is 0 Å². The summed E-state index contributed by atoms with van der Waals surface area (Å²) in [5.74, 6) is -0.139. The Balaban J connectivity index is 1.85. The number of carbonyl (C=O) groups excluding carboxylic acids is 2. The number of benzene rings is 1. The van der Waals surface area contributed by atoms with Crippen LogP contribution in [0.4, 0.5) is 10.5 Å². The molecule has 5 nitrogen and oxygen atoms in total. The van der Waals surface area contributed by atoms with Crippen LogP contribution in [0.2, 0.25) is 0 Å². The van der Waals surface area contributed by atoms with Gasteiger partial charge in [-0.3, -0.25) is 4.79 Å². The molecule has 0 radical (unpaired) electrons. The second kappa shape index (κ2) is 7.47. The quantitative estimate of drug-likeness (QED) is 0.727. The molecule has 1 aliphatic rings. The smallest absolute Gasteiger partial charge is 0.316 e. The van der Waals surface area contributed by atoms with E-state index in [0.29, 0.717) is 17.8 Å². The molecule has 0 spiro atoms. The number of nitrogens with two attached hydrogens (primary N) is 1. The van der Waals surface area contributed by atoms with E-state index in [4.69, 9.17) is 5.73 Å². The highest BCUT2D eigenvalue weighted by Gasteiger charge is 2.08. The summed E-state index contributed by atoms with van der Waals surface area (Å²) in [6.07, 6.45) is 8.02. The van der Waals surface area contributed by atoms with E-state index in [1.807, 2.05) is 0 Å². The largest absolute Gasteiger partial charge is 0.352 e. The number of amides is 3. The first-order valence-electron chi connectivity index (χ1n) is 7.28. The lowest BCUT2D eigenvalue weighted by atomic mass is 9.97. The van der Waals surface area contributed by atoms with Crippen molar-refractivity contribution in [1.82, 2.24) is 5.32 Å². The number of anilines is 1. The molecule has 1 aliphatic carbocycles. The Morgan fingerprint density at radius 3 is 2.81 bits per heavy atom. The lowest BCUT2D eigenvalue weighted by Crippen LogP contribution is -2.25. The van der Waals surface area contributed by atoms with Crippen molar-refractivity contribution in [3.05, 3.63) is 41.5 Å². The topological polar surface area (TPSA) is 84.2 Å². The third kappa shape index (κ3) is 4.95. The monoisotopic (exact) mass is 287 g/mol. The molecule has 0 aliphatic heterocycles. The van der Waals surface area contributed by atoms with Gasteiger partial charge in [-0.2, -0.15) is 0 Å². The Bertz CT molecular complexity index is 552. The van der Waals surface area contributed by atoms with E-state index in [0.717, 1.165) is 19.3 Å². The molecular formula is C16H21N3O2. The Morgan fingerprint density at radius 2 is 2.10 bits per heavy atom. The van der Waals surface area contributed by atoms with Crippen molar-refractivity contribution in [2.24, 2.45) is 5.73 Å². The highest BCUT2D eigenvalue weighted by Crippen LogP contribution is 2.19. The summed E-state index contributed by atoms with van der Waals surface area (Å²) in [7, 11) is 0. The molecule has 3 amide bonds. The van der Waals surface area contributed by atoms with Crippen molar-refractivity contribution in [3.8, 4) is 0 Å². The number of urea groups is 1. The number of hydrogen-bond acceptors (Lipinski definition) is 2. The standard InChI is InChI=1S/C16H21N3O2/c17-16(21)19-14-8-4-7-13(11-14)15(20)18-10-9-12-5-2-1-3-6-12/h4-5,7-8,11H,1-3,6,9-10H2,(H,18,20)(H3,17,19,21). The summed E-state index contributed by atoms with van der Waals surface area (Å²) in [6.45, 7) is 0.637. The molecule has 0 atom stereocenters. The molecule has 0 heterocycles. The van der Waals surface area contributed by atoms with E-state index in [9.17, 15) is 9.59 Å². The number of rotatable bonds is 5. The maximum Gasteiger partial charge on any atom is 0.316 e. The van der Waals surface area contributed by atoms with Crippen molar-refractivity contribution < 1.29 is 9.59 Å². The van der Waals surface area contributed by atoms with Gasteiger partial charge in [-0.25, -0.2) is 4.79 Å². The molecule has 5 heteroatoms. The number of allylic oxidation sites excluding steroid dienone is 1. The predicted molar refractivity (Wildman–Crippen MR) is 83.1 cm³/mol. The Kier molecular flexibility index (Phi) is 5.37. The summed E-state index contributed by atoms with van der Waals surface area (Å²) in [5, 5.41) is 5.36. The van der Waals surface area contributed by atoms with Crippen LogP contribution < -0.4 is 16.4 Å². The van der Waals surface area contributed by atoms with Crippen LogP contribution in [0.15, 0.2) is 35.9 Å². The van der Waals surface area contributed by atoms with E-state index in [1.54, 1.807) is 24.3 Å². The first kappa shape index (κ1) is 15.1. The van der Waals surface area contributed by atoms with Gasteiger partial charge in [0.05, 0.1) is 0 Å². The van der Waals surface area contributed by atoms with Crippen molar-refractivity contribution in [2.75, 3.05) is 11.9 Å². The zero-order chi connectivity index (χ0) is 15.1. The normalized spacial score (nSPS) is 14.2. The summed E-state index contributed by atoms with van der Waals surface area (Å²) < 4.78 is 0. The fraction of sp³-hybridized carbons (Fsp3) is 0.375. The Labute approximate surface area is 124 Å². The van der Waals surface area contributed by atoms with Crippen LogP contribution in [0.3, 0.4) is 0 Å². The third-order valence-corrected chi connectivity index (χ3v) is 3.51. The zero-order valence-corrected chi connectivity index (χ0v) is 12.0. The Morgan fingerprint density at radius 1 is 1.24 bits per heavy atom. The van der Waals surface area contributed by atoms with Gasteiger partial charge < -0.3 is 16.4 Å². The molecular weight excluding hydrogens is 266 g/mol. The van der Waals surface area contributed by atoms with Crippen molar-refractivity contribution in [3.63, 3.8) is 0 Å². The molecule has 0 unspecified atom stereocenters. The highest BCUT2D eigenvalue weighted by molar-refractivity contribution is 5.96. The third-order valence-electron chi connectivity index (χ3n) is 3.51. The van der Waals surface area contributed by atoms with Crippen molar-refractivity contribution in [1.29, 1.82) is 0 Å². The summed E-state index contributed by atoms with van der Waals surface area (Å²) in [5.41, 5.74) is 7.52. The van der Waals surface area contributed by atoms with Crippen LogP contribution in [0, 0.1) is 0 Å². The molecule has 21 heavy (non-hydrogen) atoms. The molecule has 112 valence electrons. The highest BCUT2D eigenvalue weighted by atomic mass is 16.2. The maximum absolute atomic E-state index is 12.0. The first-order valence-corrected chi connectivity index (χ1v) is 7.28. The second-order valence-corrected chi connectivity index (χ2v) is 5.18. The molecule has 1 aromatic rings. The number of hydrogen-bond donors (Lipinski definition) is 3. The minimum atomic E-state index is -0.642. The van der Waals surface area contributed by atoms with Gasteiger partial charge in [-0.1, -0.05) is 17.7 Å². The minimum Gasteiger partial charge on any atom is -0.352 e. The van der Waals surface area contributed by atoms with Crippen LogP contribution >= 0.6 is 0 Å².